The summed E-state index contributed by atoms with van der Waals surface area (Å²) >= 11 is 0. The molecular formula is C24H27NO4S. The van der Waals surface area contributed by atoms with Gasteiger partial charge in [-0.25, -0.2) is 8.42 Å². The third-order valence-corrected chi connectivity index (χ3v) is 7.15. The van der Waals surface area contributed by atoms with E-state index in [4.69, 9.17) is 4.74 Å². The van der Waals surface area contributed by atoms with Crippen LogP contribution in [0.1, 0.15) is 34.9 Å². The first-order valence-electron chi connectivity index (χ1n) is 9.90. The number of benzene rings is 2. The van der Waals surface area contributed by atoms with Crippen molar-refractivity contribution in [3.8, 4) is 0 Å². The number of carbonyl (C=O) groups excluding carboxylic acids is 1. The fourth-order valence-electron chi connectivity index (χ4n) is 3.78. The van der Waals surface area contributed by atoms with Crippen LogP contribution >= 0.6 is 0 Å². The van der Waals surface area contributed by atoms with E-state index in [1.807, 2.05) is 43.3 Å². The Morgan fingerprint density at radius 1 is 1.03 bits per heavy atom. The van der Waals surface area contributed by atoms with Gasteiger partial charge in [-0.05, 0) is 42.7 Å². The van der Waals surface area contributed by atoms with Crippen LogP contribution in [0.5, 0.6) is 0 Å². The Hall–Kier alpha value is -2.86. The molecule has 5 nitrogen and oxygen atoms in total. The van der Waals surface area contributed by atoms with Crippen molar-refractivity contribution in [1.29, 1.82) is 0 Å². The minimum Gasteiger partial charge on any atom is -0.466 e. The SMILES string of the molecule is CCOC(=O)Cc1cccc(C(Cc2ccc(C)cc2)(c2ccc[nH]2)S(C)(=O)=O)c1. The Labute approximate surface area is 178 Å². The Bertz CT molecular complexity index is 1100. The summed E-state index contributed by atoms with van der Waals surface area (Å²) in [6.07, 6.45) is 3.36. The minimum absolute atomic E-state index is 0.0940. The number of aromatic amines is 1. The Balaban J connectivity index is 2.17. The van der Waals surface area contributed by atoms with Crippen molar-refractivity contribution >= 4 is 15.8 Å². The molecule has 1 aromatic heterocycles. The highest BCUT2D eigenvalue weighted by Gasteiger charge is 2.45. The lowest BCUT2D eigenvalue weighted by atomic mass is 9.87. The number of ether oxygens (including phenoxy) is 1. The highest BCUT2D eigenvalue weighted by atomic mass is 32.2. The fraction of sp³-hybridized carbons (Fsp3) is 0.292. The van der Waals surface area contributed by atoms with E-state index in [0.717, 1.165) is 16.7 Å². The molecular weight excluding hydrogens is 398 g/mol. The van der Waals surface area contributed by atoms with Crippen LogP contribution in [0.15, 0.2) is 66.9 Å². The van der Waals surface area contributed by atoms with Crippen molar-refractivity contribution in [2.45, 2.75) is 31.4 Å². The van der Waals surface area contributed by atoms with Crippen LogP contribution in [0.4, 0.5) is 0 Å². The second-order valence-electron chi connectivity index (χ2n) is 7.53. The number of sulfone groups is 1. The Morgan fingerprint density at radius 2 is 1.77 bits per heavy atom. The molecule has 3 rings (SSSR count). The molecule has 6 heteroatoms. The van der Waals surface area contributed by atoms with Crippen LogP contribution in [-0.4, -0.2) is 32.2 Å². The van der Waals surface area contributed by atoms with Crippen LogP contribution in [0.3, 0.4) is 0 Å². The maximum Gasteiger partial charge on any atom is 0.310 e. The summed E-state index contributed by atoms with van der Waals surface area (Å²) in [5.74, 6) is -0.335. The lowest BCUT2D eigenvalue weighted by Gasteiger charge is -2.32. The molecule has 3 aromatic rings. The van der Waals surface area contributed by atoms with Gasteiger partial charge in [0, 0.05) is 24.6 Å². The van der Waals surface area contributed by atoms with Crippen LogP contribution in [-0.2, 0) is 37.0 Å². The minimum atomic E-state index is -3.61. The summed E-state index contributed by atoms with van der Waals surface area (Å²) in [6, 6.07) is 18.7. The molecule has 0 aliphatic heterocycles. The van der Waals surface area contributed by atoms with E-state index in [0.29, 0.717) is 17.9 Å². The summed E-state index contributed by atoms with van der Waals surface area (Å²) in [5.41, 5.74) is 3.96. The standard InChI is InChI=1S/C24H27NO4S/c1-4-29-23(26)16-20-7-5-8-21(15-20)24(30(3,27)28,22-9-6-14-25-22)17-19-12-10-18(2)11-13-19/h5-15,25H,4,16-17H2,1-3H3. The average Bonchev–Trinajstić information content (AvgIpc) is 3.22. The summed E-state index contributed by atoms with van der Waals surface area (Å²) in [6.45, 7) is 4.06. The molecule has 1 N–H and O–H groups in total. The number of esters is 1. The highest BCUT2D eigenvalue weighted by molar-refractivity contribution is 7.91. The van der Waals surface area contributed by atoms with E-state index in [2.05, 4.69) is 4.98 Å². The van der Waals surface area contributed by atoms with Gasteiger partial charge in [-0.2, -0.15) is 0 Å². The highest BCUT2D eigenvalue weighted by Crippen LogP contribution is 2.40. The first-order chi connectivity index (χ1) is 14.3. The van der Waals surface area contributed by atoms with Gasteiger partial charge in [0.05, 0.1) is 13.0 Å². The molecule has 0 amide bonds. The molecule has 0 bridgehead atoms. The van der Waals surface area contributed by atoms with Crippen molar-refractivity contribution in [2.24, 2.45) is 0 Å². The van der Waals surface area contributed by atoms with E-state index < -0.39 is 14.6 Å². The van der Waals surface area contributed by atoms with E-state index in [1.54, 1.807) is 37.4 Å². The number of H-pyrrole nitrogens is 1. The summed E-state index contributed by atoms with van der Waals surface area (Å²) in [4.78, 5) is 15.1. The molecule has 0 fully saturated rings. The third-order valence-electron chi connectivity index (χ3n) is 5.29. The Kier molecular flexibility index (Phi) is 6.46. The fourth-order valence-corrected chi connectivity index (χ4v) is 5.29. The smallest absolute Gasteiger partial charge is 0.310 e. The van der Waals surface area contributed by atoms with E-state index in [-0.39, 0.29) is 18.8 Å². The van der Waals surface area contributed by atoms with Crippen molar-refractivity contribution in [2.75, 3.05) is 12.9 Å². The maximum atomic E-state index is 13.3. The number of rotatable bonds is 8. The average molecular weight is 426 g/mol. The number of nitrogens with one attached hydrogen (secondary N) is 1. The van der Waals surface area contributed by atoms with Gasteiger partial charge in [-0.1, -0.05) is 54.1 Å². The number of aromatic nitrogens is 1. The number of aryl methyl sites for hydroxylation is 1. The zero-order valence-electron chi connectivity index (χ0n) is 17.5. The molecule has 2 aromatic carbocycles. The molecule has 0 saturated carbocycles. The normalized spacial score (nSPS) is 13.6. The number of carbonyl (C=O) groups is 1. The molecule has 1 atom stereocenters. The number of hydrogen-bond acceptors (Lipinski definition) is 4. The van der Waals surface area contributed by atoms with Crippen LogP contribution in [0.2, 0.25) is 0 Å². The second kappa shape index (κ2) is 8.88. The summed E-state index contributed by atoms with van der Waals surface area (Å²) in [7, 11) is -3.61. The molecule has 158 valence electrons. The topological polar surface area (TPSA) is 76.2 Å². The van der Waals surface area contributed by atoms with Gasteiger partial charge >= 0.3 is 5.97 Å². The van der Waals surface area contributed by atoms with E-state index >= 15 is 0 Å². The van der Waals surface area contributed by atoms with Gasteiger partial charge in [0.25, 0.3) is 0 Å². The van der Waals surface area contributed by atoms with Crippen LogP contribution < -0.4 is 0 Å². The molecule has 0 spiro atoms. The van der Waals surface area contributed by atoms with Gasteiger partial charge in [-0.15, -0.1) is 0 Å². The van der Waals surface area contributed by atoms with Crippen molar-refractivity contribution in [3.63, 3.8) is 0 Å². The zero-order chi connectivity index (χ0) is 21.8. The zero-order valence-corrected chi connectivity index (χ0v) is 18.3. The van der Waals surface area contributed by atoms with Gasteiger partial charge in [0.15, 0.2) is 9.84 Å². The molecule has 0 radical (unpaired) electrons. The molecule has 1 unspecified atom stereocenters. The van der Waals surface area contributed by atoms with Gasteiger partial charge in [-0.3, -0.25) is 4.79 Å². The first-order valence-corrected chi connectivity index (χ1v) is 11.8. The molecule has 1 heterocycles. The molecule has 30 heavy (non-hydrogen) atoms. The van der Waals surface area contributed by atoms with Crippen molar-refractivity contribution in [1.82, 2.24) is 4.98 Å². The molecule has 0 aliphatic rings. The quantitative estimate of drug-likeness (QED) is 0.554. The molecule has 0 saturated heterocycles. The lowest BCUT2D eigenvalue weighted by Crippen LogP contribution is -2.39. The largest absolute Gasteiger partial charge is 0.466 e. The summed E-state index contributed by atoms with van der Waals surface area (Å²) in [5, 5.41) is 0. The van der Waals surface area contributed by atoms with Crippen molar-refractivity contribution in [3.05, 3.63) is 94.8 Å². The van der Waals surface area contributed by atoms with E-state index in [9.17, 15) is 13.2 Å². The maximum absolute atomic E-state index is 13.3. The van der Waals surface area contributed by atoms with Gasteiger partial charge < -0.3 is 9.72 Å². The second-order valence-corrected chi connectivity index (χ2v) is 9.77. The molecule has 0 aliphatic carbocycles. The first kappa shape index (κ1) is 21.8. The van der Waals surface area contributed by atoms with E-state index in [1.165, 1.54) is 6.26 Å². The van der Waals surface area contributed by atoms with Gasteiger partial charge in [0.1, 0.15) is 4.75 Å². The predicted molar refractivity (Wildman–Crippen MR) is 118 cm³/mol. The van der Waals surface area contributed by atoms with Gasteiger partial charge in [0.2, 0.25) is 0 Å². The predicted octanol–water partition coefficient (Wildman–Crippen LogP) is 3.96. The number of hydrogen-bond donors (Lipinski definition) is 1. The Morgan fingerprint density at radius 3 is 2.37 bits per heavy atom. The lowest BCUT2D eigenvalue weighted by molar-refractivity contribution is -0.142. The third kappa shape index (κ3) is 4.49. The monoisotopic (exact) mass is 425 g/mol. The van der Waals surface area contributed by atoms with Crippen molar-refractivity contribution < 1.29 is 17.9 Å². The van der Waals surface area contributed by atoms with Crippen LogP contribution in [0, 0.1) is 6.92 Å². The summed E-state index contributed by atoms with van der Waals surface area (Å²) < 4.78 is 30.4. The van der Waals surface area contributed by atoms with Crippen LogP contribution in [0.25, 0.3) is 0 Å².